The fourth-order valence-corrected chi connectivity index (χ4v) is 3.06. The smallest absolute Gasteiger partial charge is 0.243 e. The van der Waals surface area contributed by atoms with Crippen molar-refractivity contribution in [3.8, 4) is 11.5 Å². The predicted octanol–water partition coefficient (Wildman–Crippen LogP) is 2.30. The maximum Gasteiger partial charge on any atom is 0.243 e. The van der Waals surface area contributed by atoms with Gasteiger partial charge in [0.25, 0.3) is 0 Å². The van der Waals surface area contributed by atoms with Crippen LogP contribution in [-0.4, -0.2) is 45.5 Å². The van der Waals surface area contributed by atoms with Gasteiger partial charge in [-0.3, -0.25) is 4.79 Å². The number of morpholine rings is 1. The summed E-state index contributed by atoms with van der Waals surface area (Å²) in [6, 6.07) is 13.4. The van der Waals surface area contributed by atoms with Gasteiger partial charge in [0.2, 0.25) is 12.7 Å². The maximum atomic E-state index is 12.3. The molecule has 1 amide bonds. The Hall–Kier alpha value is -2.93. The third-order valence-corrected chi connectivity index (χ3v) is 4.35. The van der Waals surface area contributed by atoms with Crippen LogP contribution in [0.2, 0.25) is 0 Å². The van der Waals surface area contributed by atoms with E-state index in [0.717, 1.165) is 37.7 Å². The van der Waals surface area contributed by atoms with E-state index in [2.05, 4.69) is 21.6 Å². The Morgan fingerprint density at radius 1 is 1.04 bits per heavy atom. The van der Waals surface area contributed by atoms with E-state index < -0.39 is 0 Å². The number of hydrogen-bond donors (Lipinski definition) is 2. The molecule has 2 N–H and O–H groups in total. The van der Waals surface area contributed by atoms with E-state index in [1.807, 2.05) is 18.2 Å². The van der Waals surface area contributed by atoms with Gasteiger partial charge in [0.05, 0.1) is 31.1 Å². The summed E-state index contributed by atoms with van der Waals surface area (Å²) in [5.41, 5.74) is 2.71. The molecule has 0 atom stereocenters. The molecule has 7 nitrogen and oxygen atoms in total. The zero-order valence-corrected chi connectivity index (χ0v) is 14.4. The van der Waals surface area contributed by atoms with Gasteiger partial charge in [0.15, 0.2) is 11.5 Å². The molecule has 7 heteroatoms. The molecule has 0 aromatic heterocycles. The van der Waals surface area contributed by atoms with Gasteiger partial charge in [-0.25, -0.2) is 0 Å². The highest BCUT2D eigenvalue weighted by Crippen LogP contribution is 2.34. The molecule has 0 bridgehead atoms. The maximum absolute atomic E-state index is 12.3. The summed E-state index contributed by atoms with van der Waals surface area (Å²) in [4.78, 5) is 14.6. The summed E-state index contributed by atoms with van der Waals surface area (Å²) in [5.74, 6) is 1.22. The largest absolute Gasteiger partial charge is 0.454 e. The first kappa shape index (κ1) is 16.5. The highest BCUT2D eigenvalue weighted by Gasteiger charge is 2.16. The molecule has 4 rings (SSSR count). The summed E-state index contributed by atoms with van der Waals surface area (Å²) in [5, 5.41) is 6.10. The number of fused-ring (bicyclic) bond motifs is 1. The van der Waals surface area contributed by atoms with Crippen LogP contribution in [0.4, 0.5) is 17.1 Å². The molecule has 2 aliphatic heterocycles. The topological polar surface area (TPSA) is 72.1 Å². The van der Waals surface area contributed by atoms with Gasteiger partial charge in [-0.2, -0.15) is 0 Å². The first-order valence-corrected chi connectivity index (χ1v) is 8.65. The van der Waals surface area contributed by atoms with Crippen molar-refractivity contribution in [2.75, 3.05) is 55.2 Å². The Morgan fingerprint density at radius 2 is 1.85 bits per heavy atom. The number of carbonyl (C=O) groups excluding carboxylic acids is 1. The van der Waals surface area contributed by atoms with Gasteiger partial charge in [-0.05, 0) is 24.3 Å². The summed E-state index contributed by atoms with van der Waals surface area (Å²) in [6.07, 6.45) is 0. The molecular weight excluding hydrogens is 334 g/mol. The summed E-state index contributed by atoms with van der Waals surface area (Å²) < 4.78 is 16.0. The molecule has 1 fully saturated rings. The second-order valence-corrected chi connectivity index (χ2v) is 6.09. The molecular formula is C19H21N3O4. The van der Waals surface area contributed by atoms with E-state index in [1.165, 1.54) is 0 Å². The minimum Gasteiger partial charge on any atom is -0.454 e. The second kappa shape index (κ2) is 7.53. The van der Waals surface area contributed by atoms with Gasteiger partial charge in [0, 0.05) is 24.8 Å². The van der Waals surface area contributed by atoms with Crippen molar-refractivity contribution < 1.29 is 19.0 Å². The van der Waals surface area contributed by atoms with Gasteiger partial charge in [0.1, 0.15) is 0 Å². The molecule has 0 radical (unpaired) electrons. The van der Waals surface area contributed by atoms with Crippen LogP contribution >= 0.6 is 0 Å². The molecule has 1 saturated heterocycles. The van der Waals surface area contributed by atoms with Gasteiger partial charge >= 0.3 is 0 Å². The third kappa shape index (κ3) is 3.67. The van der Waals surface area contributed by atoms with Crippen molar-refractivity contribution in [1.82, 2.24) is 0 Å². The Balaban J connectivity index is 1.37. The normalized spacial score (nSPS) is 15.6. The summed E-state index contributed by atoms with van der Waals surface area (Å²) in [7, 11) is 0. The van der Waals surface area contributed by atoms with Crippen LogP contribution in [0.3, 0.4) is 0 Å². The summed E-state index contributed by atoms with van der Waals surface area (Å²) >= 11 is 0. The minimum atomic E-state index is -0.124. The lowest BCUT2D eigenvalue weighted by Gasteiger charge is -2.30. The zero-order chi connectivity index (χ0) is 17.8. The highest BCUT2D eigenvalue weighted by atomic mass is 16.7. The Kier molecular flexibility index (Phi) is 4.79. The molecule has 0 aliphatic carbocycles. The lowest BCUT2D eigenvalue weighted by atomic mass is 10.2. The van der Waals surface area contributed by atoms with E-state index in [1.54, 1.807) is 18.2 Å². The fraction of sp³-hybridized carbons (Fsp3) is 0.316. The van der Waals surface area contributed by atoms with E-state index in [-0.39, 0.29) is 19.2 Å². The number of para-hydroxylation sites is 2. The minimum absolute atomic E-state index is 0.124. The molecule has 2 aromatic rings. The molecule has 26 heavy (non-hydrogen) atoms. The second-order valence-electron chi connectivity index (χ2n) is 6.09. The van der Waals surface area contributed by atoms with E-state index >= 15 is 0 Å². The number of benzene rings is 2. The number of nitrogens with zero attached hydrogens (tertiary/aromatic N) is 1. The van der Waals surface area contributed by atoms with Crippen LogP contribution in [-0.2, 0) is 9.53 Å². The van der Waals surface area contributed by atoms with Crippen LogP contribution in [0.5, 0.6) is 11.5 Å². The van der Waals surface area contributed by atoms with Crippen molar-refractivity contribution in [1.29, 1.82) is 0 Å². The number of nitrogens with one attached hydrogen (secondary N) is 2. The Labute approximate surface area is 151 Å². The molecule has 2 aromatic carbocycles. The number of amides is 1. The zero-order valence-electron chi connectivity index (χ0n) is 14.4. The first-order valence-electron chi connectivity index (χ1n) is 8.65. The van der Waals surface area contributed by atoms with E-state index in [4.69, 9.17) is 14.2 Å². The van der Waals surface area contributed by atoms with Crippen LogP contribution in [0.1, 0.15) is 0 Å². The van der Waals surface area contributed by atoms with Crippen molar-refractivity contribution in [3.05, 3.63) is 42.5 Å². The molecule has 0 saturated carbocycles. The van der Waals surface area contributed by atoms with Crippen molar-refractivity contribution in [2.24, 2.45) is 0 Å². The molecule has 0 unspecified atom stereocenters. The summed E-state index contributed by atoms with van der Waals surface area (Å²) in [6.45, 7) is 3.53. The number of hydrogen-bond acceptors (Lipinski definition) is 6. The Morgan fingerprint density at radius 3 is 2.73 bits per heavy atom. The van der Waals surface area contributed by atoms with Crippen molar-refractivity contribution >= 4 is 23.0 Å². The van der Waals surface area contributed by atoms with E-state index in [0.29, 0.717) is 17.2 Å². The monoisotopic (exact) mass is 355 g/mol. The lowest BCUT2D eigenvalue weighted by molar-refractivity contribution is -0.114. The predicted molar refractivity (Wildman–Crippen MR) is 99.2 cm³/mol. The molecule has 0 spiro atoms. The fourth-order valence-electron chi connectivity index (χ4n) is 3.06. The Bertz CT molecular complexity index is 790. The third-order valence-electron chi connectivity index (χ3n) is 4.35. The highest BCUT2D eigenvalue weighted by molar-refractivity contribution is 5.94. The van der Waals surface area contributed by atoms with Crippen LogP contribution in [0.15, 0.2) is 42.5 Å². The number of rotatable bonds is 5. The average Bonchev–Trinajstić information content (AvgIpc) is 3.15. The van der Waals surface area contributed by atoms with Crippen LogP contribution < -0.4 is 25.0 Å². The first-order chi connectivity index (χ1) is 12.8. The van der Waals surface area contributed by atoms with Gasteiger partial charge < -0.3 is 29.7 Å². The standard InChI is InChI=1S/C19H21N3O4/c23-19(21-14-5-6-17-18(11-14)26-13-25-17)12-20-15-3-1-2-4-16(15)22-7-9-24-10-8-22/h1-6,11,20H,7-10,12-13H2,(H,21,23). The van der Waals surface area contributed by atoms with Crippen molar-refractivity contribution in [3.63, 3.8) is 0 Å². The van der Waals surface area contributed by atoms with Gasteiger partial charge in [-0.15, -0.1) is 0 Å². The van der Waals surface area contributed by atoms with Crippen LogP contribution in [0, 0.1) is 0 Å². The van der Waals surface area contributed by atoms with Gasteiger partial charge in [-0.1, -0.05) is 12.1 Å². The van der Waals surface area contributed by atoms with E-state index in [9.17, 15) is 4.79 Å². The molecule has 2 heterocycles. The lowest BCUT2D eigenvalue weighted by Crippen LogP contribution is -2.36. The number of carbonyl (C=O) groups is 1. The SMILES string of the molecule is O=C(CNc1ccccc1N1CCOCC1)Nc1ccc2c(c1)OCO2. The number of ether oxygens (including phenoxy) is 3. The number of anilines is 3. The average molecular weight is 355 g/mol. The quantitative estimate of drug-likeness (QED) is 0.858. The van der Waals surface area contributed by atoms with Crippen LogP contribution in [0.25, 0.3) is 0 Å². The molecule has 136 valence electrons. The molecule has 2 aliphatic rings. The van der Waals surface area contributed by atoms with Crippen molar-refractivity contribution in [2.45, 2.75) is 0 Å².